The summed E-state index contributed by atoms with van der Waals surface area (Å²) < 4.78 is 5.16. The molecule has 0 spiro atoms. The van der Waals surface area contributed by atoms with Crippen LogP contribution in [0.25, 0.3) is 0 Å². The highest BCUT2D eigenvalue weighted by Gasteiger charge is 2.18. The third-order valence-electron chi connectivity index (χ3n) is 2.19. The van der Waals surface area contributed by atoms with Crippen LogP contribution in [0, 0.1) is 5.92 Å². The van der Waals surface area contributed by atoms with Crippen molar-refractivity contribution in [3.05, 3.63) is 0 Å². The summed E-state index contributed by atoms with van der Waals surface area (Å²) in [4.78, 5) is 21.6. The van der Waals surface area contributed by atoms with Crippen LogP contribution in [0.3, 0.4) is 0 Å². The molecule has 0 unspecified atom stereocenters. The fourth-order valence-electron chi connectivity index (χ4n) is 1.50. The second-order valence-corrected chi connectivity index (χ2v) is 3.75. The summed E-state index contributed by atoms with van der Waals surface area (Å²) in [6, 6.07) is 0. The van der Waals surface area contributed by atoms with E-state index >= 15 is 0 Å². The van der Waals surface area contributed by atoms with Crippen LogP contribution in [-0.2, 0) is 14.3 Å². The lowest BCUT2D eigenvalue weighted by molar-refractivity contribution is -0.124. The number of Topliss-reactive ketones (excluding diaryl/α,β-unsaturated/α-hetero) is 1. The molecule has 1 aliphatic rings. The highest BCUT2D eigenvalue weighted by Crippen LogP contribution is 2.19. The van der Waals surface area contributed by atoms with Gasteiger partial charge < -0.3 is 4.74 Å². The Balaban J connectivity index is 2.22. The molecule has 0 saturated carbocycles. The van der Waals surface area contributed by atoms with Crippen molar-refractivity contribution >= 4 is 22.6 Å². The molecule has 4 heteroatoms. The van der Waals surface area contributed by atoms with E-state index in [-0.39, 0.29) is 12.2 Å². The molecular weight excluding hydrogens is 192 g/mol. The molecule has 0 aliphatic carbocycles. The average Bonchev–Trinajstić information content (AvgIpc) is 2.04. The average molecular weight is 205 g/mol. The summed E-state index contributed by atoms with van der Waals surface area (Å²) in [5.41, 5.74) is 0. The zero-order valence-corrected chi connectivity index (χ0v) is 8.18. The number of ether oxygens (including phenoxy) is 1. The lowest BCUT2D eigenvalue weighted by atomic mass is 9.94. The van der Waals surface area contributed by atoms with Crippen LogP contribution in [0.15, 0.2) is 0 Å². The Morgan fingerprint density at radius 1 is 1.31 bits per heavy atom. The fourth-order valence-corrected chi connectivity index (χ4v) is 1.65. The molecule has 0 aromatic rings. The van der Waals surface area contributed by atoms with Gasteiger partial charge in [-0.05, 0) is 30.4 Å². The first-order chi connectivity index (χ1) is 6.18. The van der Waals surface area contributed by atoms with Gasteiger partial charge in [-0.1, -0.05) is 0 Å². The molecule has 0 N–H and O–H groups in total. The van der Waals surface area contributed by atoms with Crippen LogP contribution in [0.2, 0.25) is 0 Å². The van der Waals surface area contributed by atoms with Crippen LogP contribution in [0.4, 0.5) is 0 Å². The minimum absolute atomic E-state index is 0.0492. The molecule has 0 bridgehead atoms. The molecule has 1 saturated heterocycles. The topological polar surface area (TPSA) is 43.4 Å². The van der Waals surface area contributed by atoms with Gasteiger partial charge >= 0.3 is 0 Å². The van der Waals surface area contributed by atoms with Crippen molar-refractivity contribution in [3.63, 3.8) is 0 Å². The molecule has 0 aromatic heterocycles. The first kappa shape index (κ1) is 10.7. The molecular formula is C9H13ClO3. The predicted octanol–water partition coefficient (Wildman–Crippen LogP) is 1.53. The van der Waals surface area contributed by atoms with E-state index in [0.29, 0.717) is 12.3 Å². The molecule has 74 valence electrons. The predicted molar refractivity (Wildman–Crippen MR) is 48.6 cm³/mol. The summed E-state index contributed by atoms with van der Waals surface area (Å²) in [5.74, 6) is 0.337. The maximum absolute atomic E-state index is 11.2. The van der Waals surface area contributed by atoms with E-state index in [1.165, 1.54) is 0 Å². The zero-order valence-electron chi connectivity index (χ0n) is 7.42. The second kappa shape index (κ2) is 5.35. The number of rotatable bonds is 4. The summed E-state index contributed by atoms with van der Waals surface area (Å²) in [6.07, 6.45) is 2.19. The molecule has 1 heterocycles. The van der Waals surface area contributed by atoms with Crippen LogP contribution < -0.4 is 0 Å². The van der Waals surface area contributed by atoms with Gasteiger partial charge in [0.1, 0.15) is 5.78 Å². The Morgan fingerprint density at radius 3 is 2.46 bits per heavy atom. The van der Waals surface area contributed by atoms with Gasteiger partial charge in [0.2, 0.25) is 5.24 Å². The smallest absolute Gasteiger partial charge is 0.229 e. The van der Waals surface area contributed by atoms with Gasteiger partial charge in [0, 0.05) is 19.6 Å². The Labute approximate surface area is 82.4 Å². The lowest BCUT2D eigenvalue weighted by Crippen LogP contribution is -2.19. The monoisotopic (exact) mass is 204 g/mol. The normalized spacial score (nSPS) is 18.5. The SMILES string of the molecule is O=C(Cl)CC(=O)CC1CCOCC1. The van der Waals surface area contributed by atoms with Crippen LogP contribution in [-0.4, -0.2) is 24.2 Å². The summed E-state index contributed by atoms with van der Waals surface area (Å²) >= 11 is 5.11. The van der Waals surface area contributed by atoms with Gasteiger partial charge in [-0.15, -0.1) is 0 Å². The highest BCUT2D eigenvalue weighted by atomic mass is 35.5. The second-order valence-electron chi connectivity index (χ2n) is 3.33. The fraction of sp³-hybridized carbons (Fsp3) is 0.778. The number of hydrogen-bond donors (Lipinski definition) is 0. The van der Waals surface area contributed by atoms with Crippen LogP contribution >= 0.6 is 11.6 Å². The quantitative estimate of drug-likeness (QED) is 0.515. The van der Waals surface area contributed by atoms with Crippen LogP contribution in [0.5, 0.6) is 0 Å². The minimum atomic E-state index is -0.558. The van der Waals surface area contributed by atoms with Crippen molar-refractivity contribution in [1.29, 1.82) is 0 Å². The maximum atomic E-state index is 11.2. The Bertz CT molecular complexity index is 197. The molecule has 0 amide bonds. The first-order valence-corrected chi connectivity index (χ1v) is 4.84. The minimum Gasteiger partial charge on any atom is -0.381 e. The van der Waals surface area contributed by atoms with Crippen molar-refractivity contribution in [2.75, 3.05) is 13.2 Å². The molecule has 1 aliphatic heterocycles. The van der Waals surface area contributed by atoms with Crippen LogP contribution in [0.1, 0.15) is 25.7 Å². The first-order valence-electron chi connectivity index (χ1n) is 4.46. The van der Waals surface area contributed by atoms with E-state index in [1.807, 2.05) is 0 Å². The lowest BCUT2D eigenvalue weighted by Gasteiger charge is -2.20. The summed E-state index contributed by atoms with van der Waals surface area (Å²) in [7, 11) is 0. The number of hydrogen-bond acceptors (Lipinski definition) is 3. The van der Waals surface area contributed by atoms with Gasteiger partial charge in [-0.2, -0.15) is 0 Å². The van der Waals surface area contributed by atoms with Gasteiger partial charge in [-0.3, -0.25) is 9.59 Å². The molecule has 0 radical (unpaired) electrons. The van der Waals surface area contributed by atoms with E-state index in [1.54, 1.807) is 0 Å². The molecule has 0 aromatic carbocycles. The van der Waals surface area contributed by atoms with Gasteiger partial charge in [0.05, 0.1) is 6.42 Å². The van der Waals surface area contributed by atoms with Crippen molar-refractivity contribution in [3.8, 4) is 0 Å². The summed E-state index contributed by atoms with van der Waals surface area (Å²) in [5, 5.41) is -0.558. The highest BCUT2D eigenvalue weighted by molar-refractivity contribution is 6.64. The van der Waals surface area contributed by atoms with Gasteiger partial charge in [0.25, 0.3) is 0 Å². The molecule has 13 heavy (non-hydrogen) atoms. The third kappa shape index (κ3) is 4.39. The standard InChI is InChI=1S/C9H13ClO3/c10-9(12)6-8(11)5-7-1-3-13-4-2-7/h7H,1-6H2. The summed E-state index contributed by atoms with van der Waals surface area (Å²) in [6.45, 7) is 1.46. The number of halogens is 1. The number of carbonyl (C=O) groups is 2. The molecule has 3 nitrogen and oxygen atoms in total. The maximum Gasteiger partial charge on any atom is 0.229 e. The third-order valence-corrected chi connectivity index (χ3v) is 2.33. The number of ketones is 1. The van der Waals surface area contributed by atoms with Crippen molar-refractivity contribution in [1.82, 2.24) is 0 Å². The van der Waals surface area contributed by atoms with Crippen molar-refractivity contribution in [2.24, 2.45) is 5.92 Å². The molecule has 1 fully saturated rings. The van der Waals surface area contributed by atoms with Crippen molar-refractivity contribution in [2.45, 2.75) is 25.7 Å². The van der Waals surface area contributed by atoms with E-state index in [2.05, 4.69) is 0 Å². The van der Waals surface area contributed by atoms with E-state index in [4.69, 9.17) is 16.3 Å². The van der Waals surface area contributed by atoms with E-state index < -0.39 is 5.24 Å². The van der Waals surface area contributed by atoms with Gasteiger partial charge in [0.15, 0.2) is 0 Å². The van der Waals surface area contributed by atoms with E-state index in [0.717, 1.165) is 26.1 Å². The largest absolute Gasteiger partial charge is 0.381 e. The van der Waals surface area contributed by atoms with Crippen molar-refractivity contribution < 1.29 is 14.3 Å². The zero-order chi connectivity index (χ0) is 9.68. The Hall–Kier alpha value is -0.410. The Kier molecular flexibility index (Phi) is 4.39. The van der Waals surface area contributed by atoms with Gasteiger partial charge in [-0.25, -0.2) is 0 Å². The molecule has 1 rings (SSSR count). The Morgan fingerprint density at radius 2 is 1.92 bits per heavy atom. The van der Waals surface area contributed by atoms with E-state index in [9.17, 15) is 9.59 Å². The molecule has 0 atom stereocenters. The number of carbonyl (C=O) groups excluding carboxylic acids is 2.